The van der Waals surface area contributed by atoms with E-state index >= 15 is 0 Å². The molecule has 0 aliphatic carbocycles. The number of nitrogens with zero attached hydrogens (tertiary/aromatic N) is 1. The summed E-state index contributed by atoms with van der Waals surface area (Å²) in [4.78, 5) is 0. The van der Waals surface area contributed by atoms with Gasteiger partial charge < -0.3 is 10.1 Å². The summed E-state index contributed by atoms with van der Waals surface area (Å²) < 4.78 is 31.8. The second-order valence-electron chi connectivity index (χ2n) is 4.35. The summed E-state index contributed by atoms with van der Waals surface area (Å²) in [5.41, 5.74) is 1.39. The van der Waals surface area contributed by atoms with E-state index in [0.29, 0.717) is 24.6 Å². The van der Waals surface area contributed by atoms with E-state index in [9.17, 15) is 8.78 Å². The van der Waals surface area contributed by atoms with Crippen LogP contribution in [-0.4, -0.2) is 6.61 Å². The first-order valence-corrected chi connectivity index (χ1v) is 6.48. The van der Waals surface area contributed by atoms with Gasteiger partial charge in [-0.2, -0.15) is 5.26 Å². The zero-order valence-corrected chi connectivity index (χ0v) is 11.5. The number of halogens is 2. The number of ether oxygens (including phenoxy) is 1. The van der Waals surface area contributed by atoms with Gasteiger partial charge in [-0.15, -0.1) is 0 Å². The summed E-state index contributed by atoms with van der Waals surface area (Å²) in [5, 5.41) is 11.9. The summed E-state index contributed by atoms with van der Waals surface area (Å²) in [5.74, 6) is -0.504. The highest BCUT2D eigenvalue weighted by Gasteiger charge is 2.06. The van der Waals surface area contributed by atoms with E-state index in [-0.39, 0.29) is 11.4 Å². The van der Waals surface area contributed by atoms with Crippen molar-refractivity contribution in [2.24, 2.45) is 0 Å². The van der Waals surface area contributed by atoms with E-state index in [4.69, 9.17) is 10.00 Å². The minimum atomic E-state index is -0.543. The average molecular weight is 288 g/mol. The predicted molar refractivity (Wildman–Crippen MR) is 76.0 cm³/mol. The minimum absolute atomic E-state index is 0.00145. The van der Waals surface area contributed by atoms with Crippen LogP contribution in [-0.2, 0) is 6.54 Å². The van der Waals surface area contributed by atoms with Crippen LogP contribution in [0.4, 0.5) is 14.5 Å². The maximum Gasteiger partial charge on any atom is 0.145 e. The van der Waals surface area contributed by atoms with Gasteiger partial charge in [0, 0.05) is 12.6 Å². The first-order chi connectivity index (χ1) is 10.1. The fourth-order valence-corrected chi connectivity index (χ4v) is 1.88. The highest BCUT2D eigenvalue weighted by molar-refractivity contribution is 5.56. The third-order valence-electron chi connectivity index (χ3n) is 2.88. The van der Waals surface area contributed by atoms with Crippen LogP contribution in [0.15, 0.2) is 36.4 Å². The molecule has 5 heteroatoms. The van der Waals surface area contributed by atoms with E-state index in [0.717, 1.165) is 5.56 Å². The van der Waals surface area contributed by atoms with Crippen molar-refractivity contribution in [2.45, 2.75) is 13.5 Å². The Labute approximate surface area is 121 Å². The van der Waals surface area contributed by atoms with Gasteiger partial charge in [0.05, 0.1) is 17.9 Å². The molecule has 0 radical (unpaired) electrons. The lowest BCUT2D eigenvalue weighted by Crippen LogP contribution is -2.03. The molecule has 0 saturated carbocycles. The topological polar surface area (TPSA) is 45.0 Å². The summed E-state index contributed by atoms with van der Waals surface area (Å²) in [7, 11) is 0. The molecule has 0 saturated heterocycles. The molecular formula is C16H14F2N2O. The van der Waals surface area contributed by atoms with Crippen LogP contribution in [0.25, 0.3) is 0 Å². The maximum absolute atomic E-state index is 13.2. The maximum atomic E-state index is 13.2. The van der Waals surface area contributed by atoms with Crippen molar-refractivity contribution in [3.05, 3.63) is 59.2 Å². The van der Waals surface area contributed by atoms with Gasteiger partial charge in [0.25, 0.3) is 0 Å². The molecule has 2 aromatic rings. The Morgan fingerprint density at radius 1 is 1.19 bits per heavy atom. The van der Waals surface area contributed by atoms with Crippen LogP contribution < -0.4 is 10.1 Å². The second kappa shape index (κ2) is 6.71. The van der Waals surface area contributed by atoms with Gasteiger partial charge in [0.2, 0.25) is 0 Å². The standard InChI is InChI=1S/C16H14F2N2O/c1-2-21-16-8-13(17)4-6-15(16)20-10-11-3-5-14(18)12(7-11)9-19/h3-8,20H,2,10H2,1H3. The van der Waals surface area contributed by atoms with Crippen molar-refractivity contribution in [1.82, 2.24) is 0 Å². The summed E-state index contributed by atoms with van der Waals surface area (Å²) in [6.07, 6.45) is 0. The van der Waals surface area contributed by atoms with Gasteiger partial charge in [-0.1, -0.05) is 6.07 Å². The van der Waals surface area contributed by atoms with Crippen molar-refractivity contribution < 1.29 is 13.5 Å². The highest BCUT2D eigenvalue weighted by atomic mass is 19.1. The normalized spacial score (nSPS) is 10.0. The fraction of sp³-hybridized carbons (Fsp3) is 0.188. The molecule has 21 heavy (non-hydrogen) atoms. The largest absolute Gasteiger partial charge is 0.492 e. The summed E-state index contributed by atoms with van der Waals surface area (Å²) in [6, 6.07) is 10.3. The second-order valence-corrected chi connectivity index (χ2v) is 4.35. The number of nitrogens with one attached hydrogen (secondary N) is 1. The predicted octanol–water partition coefficient (Wildman–Crippen LogP) is 3.85. The number of anilines is 1. The number of rotatable bonds is 5. The lowest BCUT2D eigenvalue weighted by atomic mass is 10.1. The molecule has 0 heterocycles. The van der Waals surface area contributed by atoms with Gasteiger partial charge >= 0.3 is 0 Å². The lowest BCUT2D eigenvalue weighted by Gasteiger charge is -2.12. The molecule has 0 bridgehead atoms. The first kappa shape index (κ1) is 14.8. The Morgan fingerprint density at radius 2 is 2.00 bits per heavy atom. The highest BCUT2D eigenvalue weighted by Crippen LogP contribution is 2.26. The molecule has 0 aliphatic rings. The molecule has 0 atom stereocenters. The monoisotopic (exact) mass is 288 g/mol. The van der Waals surface area contributed by atoms with Gasteiger partial charge in [0.15, 0.2) is 0 Å². The molecule has 0 amide bonds. The Morgan fingerprint density at radius 3 is 2.71 bits per heavy atom. The van der Waals surface area contributed by atoms with Crippen molar-refractivity contribution in [3.63, 3.8) is 0 Å². The molecule has 0 spiro atoms. The zero-order chi connectivity index (χ0) is 15.2. The van der Waals surface area contributed by atoms with Crippen LogP contribution >= 0.6 is 0 Å². The average Bonchev–Trinajstić information content (AvgIpc) is 2.48. The van der Waals surface area contributed by atoms with Crippen LogP contribution in [0, 0.1) is 23.0 Å². The Bertz CT molecular complexity index is 680. The van der Waals surface area contributed by atoms with Crippen molar-refractivity contribution in [3.8, 4) is 11.8 Å². The van der Waals surface area contributed by atoms with Crippen LogP contribution in [0.2, 0.25) is 0 Å². The summed E-state index contributed by atoms with van der Waals surface area (Å²) >= 11 is 0. The van der Waals surface area contributed by atoms with Crippen LogP contribution in [0.1, 0.15) is 18.1 Å². The molecule has 2 aromatic carbocycles. The Hall–Kier alpha value is -2.61. The number of hydrogen-bond donors (Lipinski definition) is 1. The minimum Gasteiger partial charge on any atom is -0.492 e. The van der Waals surface area contributed by atoms with Crippen LogP contribution in [0.5, 0.6) is 5.75 Å². The molecule has 108 valence electrons. The van der Waals surface area contributed by atoms with Crippen molar-refractivity contribution in [1.29, 1.82) is 5.26 Å². The van der Waals surface area contributed by atoms with E-state index in [1.54, 1.807) is 18.2 Å². The Balaban J connectivity index is 2.15. The SMILES string of the molecule is CCOc1cc(F)ccc1NCc1ccc(F)c(C#N)c1. The van der Waals surface area contributed by atoms with Gasteiger partial charge in [-0.25, -0.2) is 8.78 Å². The smallest absolute Gasteiger partial charge is 0.145 e. The van der Waals surface area contributed by atoms with E-state index in [2.05, 4.69) is 5.32 Å². The van der Waals surface area contributed by atoms with E-state index in [1.165, 1.54) is 24.3 Å². The van der Waals surface area contributed by atoms with Gasteiger partial charge in [0.1, 0.15) is 23.5 Å². The van der Waals surface area contributed by atoms with Gasteiger partial charge in [-0.05, 0) is 36.8 Å². The first-order valence-electron chi connectivity index (χ1n) is 6.48. The summed E-state index contributed by atoms with van der Waals surface area (Å²) in [6.45, 7) is 2.61. The molecule has 2 rings (SSSR count). The molecule has 0 aromatic heterocycles. The number of nitriles is 1. The molecule has 3 nitrogen and oxygen atoms in total. The van der Waals surface area contributed by atoms with E-state index < -0.39 is 5.82 Å². The number of benzene rings is 2. The zero-order valence-electron chi connectivity index (χ0n) is 11.5. The van der Waals surface area contributed by atoms with Crippen LogP contribution in [0.3, 0.4) is 0 Å². The molecule has 0 aliphatic heterocycles. The molecule has 1 N–H and O–H groups in total. The quantitative estimate of drug-likeness (QED) is 0.909. The van der Waals surface area contributed by atoms with Crippen molar-refractivity contribution in [2.75, 3.05) is 11.9 Å². The molecule has 0 unspecified atom stereocenters. The van der Waals surface area contributed by atoms with Gasteiger partial charge in [-0.3, -0.25) is 0 Å². The third-order valence-corrected chi connectivity index (χ3v) is 2.88. The van der Waals surface area contributed by atoms with Crippen molar-refractivity contribution >= 4 is 5.69 Å². The Kier molecular flexibility index (Phi) is 4.72. The molecule has 0 fully saturated rings. The lowest BCUT2D eigenvalue weighted by molar-refractivity contribution is 0.340. The van der Waals surface area contributed by atoms with E-state index in [1.807, 2.05) is 6.92 Å². The molecular weight excluding hydrogens is 274 g/mol. The fourth-order valence-electron chi connectivity index (χ4n) is 1.88. The third kappa shape index (κ3) is 3.69. The number of hydrogen-bond acceptors (Lipinski definition) is 3.